The van der Waals surface area contributed by atoms with E-state index in [1.54, 1.807) is 0 Å². The van der Waals surface area contributed by atoms with Gasteiger partial charge in [-0.1, -0.05) is 26.0 Å². The van der Waals surface area contributed by atoms with Crippen molar-refractivity contribution in [1.29, 1.82) is 0 Å². The summed E-state index contributed by atoms with van der Waals surface area (Å²) in [5.74, 6) is 0.722. The first kappa shape index (κ1) is 19.5. The summed E-state index contributed by atoms with van der Waals surface area (Å²) in [4.78, 5) is 23.6. The number of ether oxygens (including phenoxy) is 1. The van der Waals surface area contributed by atoms with Gasteiger partial charge in [0.25, 0.3) is 0 Å². The van der Waals surface area contributed by atoms with Gasteiger partial charge in [0.1, 0.15) is 0 Å². The number of carbonyl (C=O) groups is 2. The van der Waals surface area contributed by atoms with Gasteiger partial charge in [-0.2, -0.15) is 0 Å². The van der Waals surface area contributed by atoms with E-state index < -0.39 is 5.41 Å². The number of anilines is 1. The van der Waals surface area contributed by atoms with Crippen molar-refractivity contribution < 1.29 is 14.3 Å². The summed E-state index contributed by atoms with van der Waals surface area (Å²) >= 11 is 1.48. The van der Waals surface area contributed by atoms with Gasteiger partial charge in [0.2, 0.25) is 5.91 Å². The van der Waals surface area contributed by atoms with Crippen LogP contribution in [0.2, 0.25) is 0 Å². The molecule has 0 unspecified atom stereocenters. The molecule has 128 valence electrons. The van der Waals surface area contributed by atoms with Crippen LogP contribution in [0.5, 0.6) is 0 Å². The van der Waals surface area contributed by atoms with Crippen LogP contribution in [-0.2, 0) is 20.1 Å². The summed E-state index contributed by atoms with van der Waals surface area (Å²) in [7, 11) is 1.38. The lowest BCUT2D eigenvalue weighted by Gasteiger charge is -2.28. The maximum atomic E-state index is 12.5. The Balaban J connectivity index is 2.69. The molecule has 0 aliphatic carbocycles. The first-order valence-electron chi connectivity index (χ1n) is 7.76. The zero-order chi connectivity index (χ0) is 17.3. The van der Waals surface area contributed by atoms with Crippen molar-refractivity contribution in [2.45, 2.75) is 32.4 Å². The normalized spacial score (nSPS) is 11.1. The second kappa shape index (κ2) is 9.57. The summed E-state index contributed by atoms with van der Waals surface area (Å²) in [6, 6.07) is 7.65. The molecule has 1 aromatic carbocycles. The number of benzene rings is 1. The van der Waals surface area contributed by atoms with Crippen molar-refractivity contribution in [3.05, 3.63) is 29.8 Å². The quantitative estimate of drug-likeness (QED) is 0.677. The lowest BCUT2D eigenvalue weighted by atomic mass is 9.81. The average molecular weight is 338 g/mol. The molecule has 0 spiro atoms. The third-order valence-electron chi connectivity index (χ3n) is 4.13. The molecule has 1 aromatic rings. The predicted molar refractivity (Wildman–Crippen MR) is 95.3 cm³/mol. The average Bonchev–Trinajstić information content (AvgIpc) is 2.57. The minimum absolute atomic E-state index is 0.0376. The molecule has 6 heteroatoms. The monoisotopic (exact) mass is 338 g/mol. The van der Waals surface area contributed by atoms with Crippen molar-refractivity contribution in [2.24, 2.45) is 11.1 Å². The molecular formula is C17H26N2O3S. The summed E-state index contributed by atoms with van der Waals surface area (Å²) in [6.45, 7) is 4.30. The van der Waals surface area contributed by atoms with E-state index in [-0.39, 0.29) is 11.9 Å². The van der Waals surface area contributed by atoms with Crippen LogP contribution in [-0.4, -0.2) is 31.3 Å². The van der Waals surface area contributed by atoms with E-state index in [0.717, 1.165) is 11.3 Å². The standard InChI is InChI=1S/C17H26N2O3S/c1-4-17(5-2,12-18)16(21)19-14-8-6-7-13(9-14)10-23-11-15(20)22-3/h6-9H,4-5,10-12,18H2,1-3H3,(H,19,21). The number of hydrogen-bond acceptors (Lipinski definition) is 5. The Hall–Kier alpha value is -1.53. The van der Waals surface area contributed by atoms with Crippen LogP contribution in [0.3, 0.4) is 0 Å². The molecule has 0 aromatic heterocycles. The van der Waals surface area contributed by atoms with E-state index in [9.17, 15) is 9.59 Å². The summed E-state index contributed by atoms with van der Waals surface area (Å²) in [5, 5.41) is 2.97. The van der Waals surface area contributed by atoms with Crippen LogP contribution in [0, 0.1) is 5.41 Å². The van der Waals surface area contributed by atoms with Gasteiger partial charge in [-0.25, -0.2) is 0 Å². The third-order valence-corrected chi connectivity index (χ3v) is 5.10. The number of carbonyl (C=O) groups excluding carboxylic acids is 2. The number of hydrogen-bond donors (Lipinski definition) is 2. The van der Waals surface area contributed by atoms with E-state index in [2.05, 4.69) is 10.1 Å². The predicted octanol–water partition coefficient (Wildman–Crippen LogP) is 2.80. The minimum Gasteiger partial charge on any atom is -0.468 e. The maximum absolute atomic E-state index is 12.5. The topological polar surface area (TPSA) is 81.4 Å². The smallest absolute Gasteiger partial charge is 0.315 e. The van der Waals surface area contributed by atoms with E-state index >= 15 is 0 Å². The van der Waals surface area contributed by atoms with Gasteiger partial charge in [0, 0.05) is 18.0 Å². The number of rotatable bonds is 9. The van der Waals surface area contributed by atoms with E-state index in [1.165, 1.54) is 18.9 Å². The van der Waals surface area contributed by atoms with E-state index in [0.29, 0.717) is 30.9 Å². The molecule has 0 saturated carbocycles. The Morgan fingerprint density at radius 2 is 2.00 bits per heavy atom. The maximum Gasteiger partial charge on any atom is 0.315 e. The highest BCUT2D eigenvalue weighted by Crippen LogP contribution is 2.27. The number of amides is 1. The molecule has 1 rings (SSSR count). The highest BCUT2D eigenvalue weighted by atomic mass is 32.2. The molecule has 5 nitrogen and oxygen atoms in total. The molecule has 3 N–H and O–H groups in total. The summed E-state index contributed by atoms with van der Waals surface area (Å²) in [5.41, 5.74) is 7.09. The molecule has 0 fully saturated rings. The number of nitrogens with two attached hydrogens (primary N) is 1. The van der Waals surface area contributed by atoms with Gasteiger partial charge >= 0.3 is 5.97 Å². The van der Waals surface area contributed by atoms with Gasteiger partial charge in [0.15, 0.2) is 0 Å². The zero-order valence-electron chi connectivity index (χ0n) is 14.1. The van der Waals surface area contributed by atoms with Crippen LogP contribution in [0.1, 0.15) is 32.3 Å². The molecule has 0 aliphatic heterocycles. The lowest BCUT2D eigenvalue weighted by molar-refractivity contribution is -0.137. The largest absolute Gasteiger partial charge is 0.468 e. The van der Waals surface area contributed by atoms with Crippen molar-refractivity contribution in [1.82, 2.24) is 0 Å². The number of esters is 1. The van der Waals surface area contributed by atoms with Gasteiger partial charge < -0.3 is 15.8 Å². The van der Waals surface area contributed by atoms with Crippen molar-refractivity contribution in [3.63, 3.8) is 0 Å². The Morgan fingerprint density at radius 3 is 2.57 bits per heavy atom. The van der Waals surface area contributed by atoms with Crippen molar-refractivity contribution in [2.75, 3.05) is 24.7 Å². The zero-order valence-corrected chi connectivity index (χ0v) is 14.9. The number of methoxy groups -OCH3 is 1. The fraction of sp³-hybridized carbons (Fsp3) is 0.529. The van der Waals surface area contributed by atoms with E-state index in [4.69, 9.17) is 5.73 Å². The fourth-order valence-corrected chi connectivity index (χ4v) is 3.07. The number of thioether (sulfide) groups is 1. The van der Waals surface area contributed by atoms with Gasteiger partial charge in [-0.3, -0.25) is 9.59 Å². The molecule has 23 heavy (non-hydrogen) atoms. The molecule has 0 atom stereocenters. The molecule has 0 radical (unpaired) electrons. The Labute approximate surface area is 142 Å². The van der Waals surface area contributed by atoms with Crippen LogP contribution >= 0.6 is 11.8 Å². The molecule has 0 saturated heterocycles. The lowest BCUT2D eigenvalue weighted by Crippen LogP contribution is -2.41. The Bertz CT molecular complexity index is 522. The Morgan fingerprint density at radius 1 is 1.30 bits per heavy atom. The second-order valence-corrected chi connectivity index (χ2v) is 6.40. The molecule has 0 aliphatic rings. The van der Waals surface area contributed by atoms with Gasteiger partial charge in [0.05, 0.1) is 18.3 Å². The van der Waals surface area contributed by atoms with E-state index in [1.807, 2.05) is 38.1 Å². The van der Waals surface area contributed by atoms with Crippen LogP contribution < -0.4 is 11.1 Å². The highest BCUT2D eigenvalue weighted by Gasteiger charge is 2.33. The van der Waals surface area contributed by atoms with Crippen molar-refractivity contribution in [3.8, 4) is 0 Å². The van der Waals surface area contributed by atoms with Crippen LogP contribution in [0.4, 0.5) is 5.69 Å². The fourth-order valence-electron chi connectivity index (χ4n) is 2.27. The highest BCUT2D eigenvalue weighted by molar-refractivity contribution is 7.99. The number of nitrogens with one attached hydrogen (secondary N) is 1. The molecule has 0 heterocycles. The van der Waals surface area contributed by atoms with Gasteiger partial charge in [-0.05, 0) is 30.5 Å². The first-order valence-corrected chi connectivity index (χ1v) is 8.91. The van der Waals surface area contributed by atoms with Crippen LogP contribution in [0.15, 0.2) is 24.3 Å². The third kappa shape index (κ3) is 5.55. The van der Waals surface area contributed by atoms with Crippen LogP contribution in [0.25, 0.3) is 0 Å². The molecular weight excluding hydrogens is 312 g/mol. The van der Waals surface area contributed by atoms with Gasteiger partial charge in [-0.15, -0.1) is 11.8 Å². The molecule has 0 bridgehead atoms. The molecule has 1 amide bonds. The minimum atomic E-state index is -0.518. The second-order valence-electron chi connectivity index (χ2n) is 5.41. The Kier molecular flexibility index (Phi) is 8.12. The SMILES string of the molecule is CCC(CC)(CN)C(=O)Nc1cccc(CSCC(=O)OC)c1. The summed E-state index contributed by atoms with van der Waals surface area (Å²) in [6.07, 6.45) is 1.42. The first-order chi connectivity index (χ1) is 11.0. The summed E-state index contributed by atoms with van der Waals surface area (Å²) < 4.78 is 4.61. The van der Waals surface area contributed by atoms with Crippen molar-refractivity contribution >= 4 is 29.3 Å².